The van der Waals surface area contributed by atoms with Gasteiger partial charge in [0, 0.05) is 12.2 Å². The number of H-pyrrole nitrogens is 1. The Morgan fingerprint density at radius 2 is 1.96 bits per heavy atom. The van der Waals surface area contributed by atoms with E-state index in [0.29, 0.717) is 29.0 Å². The first-order valence-corrected chi connectivity index (χ1v) is 7.88. The Kier molecular flexibility index (Phi) is 4.95. The third kappa shape index (κ3) is 3.95. The second kappa shape index (κ2) is 7.31. The molecule has 0 spiro atoms. The minimum atomic E-state index is -0.320. The molecule has 2 aromatic carbocycles. The average molecular weight is 361 g/mol. The molecule has 25 heavy (non-hydrogen) atoms. The van der Waals surface area contributed by atoms with Gasteiger partial charge < -0.3 is 25.1 Å². The zero-order valence-electron chi connectivity index (χ0n) is 13.7. The molecule has 1 heterocycles. The van der Waals surface area contributed by atoms with Crippen molar-refractivity contribution < 1.29 is 14.3 Å². The number of methoxy groups -OCH3 is 2. The first-order chi connectivity index (χ1) is 12.1. The molecule has 0 fully saturated rings. The quantitative estimate of drug-likeness (QED) is 0.649. The van der Waals surface area contributed by atoms with E-state index in [-0.39, 0.29) is 6.03 Å². The van der Waals surface area contributed by atoms with Crippen molar-refractivity contribution in [2.75, 3.05) is 19.5 Å². The maximum Gasteiger partial charge on any atom is 0.319 e. The molecule has 1 aromatic heterocycles. The fraction of sp³-hybridized carbons (Fsp3) is 0.176. The van der Waals surface area contributed by atoms with Gasteiger partial charge in [-0.05, 0) is 47.5 Å². The Labute approximate surface area is 149 Å². The summed E-state index contributed by atoms with van der Waals surface area (Å²) < 4.78 is 10.4. The number of carbonyl (C=O) groups excluding carboxylic acids is 1. The molecule has 0 aliphatic rings. The fourth-order valence-electron chi connectivity index (χ4n) is 2.40. The van der Waals surface area contributed by atoms with Crippen LogP contribution in [0, 0.1) is 0 Å². The molecule has 0 unspecified atom stereocenters. The lowest BCUT2D eigenvalue weighted by molar-refractivity contribution is 0.251. The van der Waals surface area contributed by atoms with Crippen molar-refractivity contribution in [1.29, 1.82) is 0 Å². The summed E-state index contributed by atoms with van der Waals surface area (Å²) in [5.74, 6) is 1.26. The number of amides is 2. The van der Waals surface area contributed by atoms with Crippen LogP contribution in [0.5, 0.6) is 11.5 Å². The molecule has 3 rings (SSSR count). The number of imidazole rings is 1. The molecule has 3 N–H and O–H groups in total. The summed E-state index contributed by atoms with van der Waals surface area (Å²) in [4.78, 5) is 19.1. The first-order valence-electron chi connectivity index (χ1n) is 7.50. The van der Waals surface area contributed by atoms with Crippen molar-refractivity contribution in [2.24, 2.45) is 0 Å². The summed E-state index contributed by atoms with van der Waals surface area (Å²) in [5, 5.41) is 5.87. The Balaban J connectivity index is 1.62. The number of rotatable bonds is 5. The topological polar surface area (TPSA) is 88.3 Å². The molecule has 7 nitrogen and oxygen atoms in total. The van der Waals surface area contributed by atoms with E-state index in [4.69, 9.17) is 21.1 Å². The highest BCUT2D eigenvalue weighted by Crippen LogP contribution is 2.27. The van der Waals surface area contributed by atoms with Crippen LogP contribution in [0.3, 0.4) is 0 Å². The summed E-state index contributed by atoms with van der Waals surface area (Å²) in [6.45, 7) is 0.352. The molecule has 130 valence electrons. The van der Waals surface area contributed by atoms with Crippen LogP contribution in [-0.2, 0) is 6.54 Å². The highest BCUT2D eigenvalue weighted by Gasteiger charge is 2.07. The summed E-state index contributed by atoms with van der Waals surface area (Å²) in [7, 11) is 3.15. The largest absolute Gasteiger partial charge is 0.493 e. The monoisotopic (exact) mass is 360 g/mol. The SMILES string of the molecule is COc1ccc(CNC(=O)Nc2ccc3nc(Cl)[nH]c3c2)cc1OC. The Bertz CT molecular complexity index is 910. The fourth-order valence-corrected chi connectivity index (χ4v) is 2.60. The standard InChI is InChI=1S/C17H17ClN4O3/c1-24-14-6-3-10(7-15(14)25-2)9-19-17(23)20-11-4-5-12-13(8-11)22-16(18)21-12/h3-8H,9H2,1-2H3,(H,21,22)(H2,19,20,23). The van der Waals surface area contributed by atoms with Gasteiger partial charge in [0.1, 0.15) is 0 Å². The van der Waals surface area contributed by atoms with Gasteiger partial charge in [0.15, 0.2) is 11.5 Å². The predicted molar refractivity (Wildman–Crippen MR) is 96.5 cm³/mol. The number of hydrogen-bond acceptors (Lipinski definition) is 4. The van der Waals surface area contributed by atoms with E-state index in [1.54, 1.807) is 38.5 Å². The number of nitrogens with one attached hydrogen (secondary N) is 3. The summed E-state index contributed by atoms with van der Waals surface area (Å²) in [6.07, 6.45) is 0. The second-order valence-electron chi connectivity index (χ2n) is 5.26. The molecular formula is C17H17ClN4O3. The molecule has 0 atom stereocenters. The first kappa shape index (κ1) is 16.9. The van der Waals surface area contributed by atoms with Crippen LogP contribution >= 0.6 is 11.6 Å². The molecule has 8 heteroatoms. The number of benzene rings is 2. The van der Waals surface area contributed by atoms with Gasteiger partial charge in [0.2, 0.25) is 5.28 Å². The van der Waals surface area contributed by atoms with Crippen LogP contribution in [0.15, 0.2) is 36.4 Å². The maximum atomic E-state index is 12.1. The predicted octanol–water partition coefficient (Wildman–Crippen LogP) is 3.56. The van der Waals surface area contributed by atoms with Crippen molar-refractivity contribution in [3.05, 3.63) is 47.2 Å². The lowest BCUT2D eigenvalue weighted by Crippen LogP contribution is -2.28. The zero-order chi connectivity index (χ0) is 17.8. The Morgan fingerprint density at radius 1 is 1.16 bits per heavy atom. The molecule has 3 aromatic rings. The Morgan fingerprint density at radius 3 is 2.72 bits per heavy atom. The van der Waals surface area contributed by atoms with Crippen LogP contribution in [0.2, 0.25) is 5.28 Å². The van der Waals surface area contributed by atoms with Gasteiger partial charge in [0.25, 0.3) is 0 Å². The van der Waals surface area contributed by atoms with E-state index in [2.05, 4.69) is 20.6 Å². The van der Waals surface area contributed by atoms with E-state index in [1.165, 1.54) is 0 Å². The van der Waals surface area contributed by atoms with Gasteiger partial charge in [-0.25, -0.2) is 9.78 Å². The van der Waals surface area contributed by atoms with Crippen LogP contribution < -0.4 is 20.1 Å². The maximum absolute atomic E-state index is 12.1. The van der Waals surface area contributed by atoms with Crippen LogP contribution in [0.4, 0.5) is 10.5 Å². The number of anilines is 1. The molecule has 0 bridgehead atoms. The van der Waals surface area contributed by atoms with Gasteiger partial charge in [-0.3, -0.25) is 0 Å². The number of aromatic nitrogens is 2. The number of ether oxygens (including phenoxy) is 2. The number of halogens is 1. The highest BCUT2D eigenvalue weighted by molar-refractivity contribution is 6.29. The number of aromatic amines is 1. The summed E-state index contributed by atoms with van der Waals surface area (Å²) in [5.41, 5.74) is 3.02. The van der Waals surface area contributed by atoms with Crippen molar-refractivity contribution in [3.63, 3.8) is 0 Å². The van der Waals surface area contributed by atoms with Gasteiger partial charge in [-0.1, -0.05) is 6.07 Å². The van der Waals surface area contributed by atoms with Crippen molar-refractivity contribution >= 4 is 34.4 Å². The number of hydrogen-bond donors (Lipinski definition) is 3. The van der Waals surface area contributed by atoms with Crippen molar-refractivity contribution in [1.82, 2.24) is 15.3 Å². The minimum Gasteiger partial charge on any atom is -0.493 e. The van der Waals surface area contributed by atoms with Gasteiger partial charge in [-0.15, -0.1) is 0 Å². The number of fused-ring (bicyclic) bond motifs is 1. The lowest BCUT2D eigenvalue weighted by Gasteiger charge is -2.11. The molecular weight excluding hydrogens is 344 g/mol. The van der Waals surface area contributed by atoms with Gasteiger partial charge >= 0.3 is 6.03 Å². The van der Waals surface area contributed by atoms with Gasteiger partial charge in [-0.2, -0.15) is 0 Å². The average Bonchev–Trinajstić information content (AvgIpc) is 2.99. The van der Waals surface area contributed by atoms with Crippen LogP contribution in [-0.4, -0.2) is 30.2 Å². The highest BCUT2D eigenvalue weighted by atomic mass is 35.5. The van der Waals surface area contributed by atoms with Gasteiger partial charge in [0.05, 0.1) is 25.3 Å². The summed E-state index contributed by atoms with van der Waals surface area (Å²) in [6, 6.07) is 10.5. The molecule has 2 amide bonds. The number of carbonyl (C=O) groups is 1. The van der Waals surface area contributed by atoms with E-state index < -0.39 is 0 Å². The minimum absolute atomic E-state index is 0.310. The number of nitrogens with zero attached hydrogens (tertiary/aromatic N) is 1. The smallest absolute Gasteiger partial charge is 0.319 e. The van der Waals surface area contributed by atoms with E-state index >= 15 is 0 Å². The van der Waals surface area contributed by atoms with Crippen LogP contribution in [0.1, 0.15) is 5.56 Å². The Hall–Kier alpha value is -2.93. The zero-order valence-corrected chi connectivity index (χ0v) is 14.5. The lowest BCUT2D eigenvalue weighted by atomic mass is 10.2. The molecule has 0 aliphatic carbocycles. The third-order valence-electron chi connectivity index (χ3n) is 3.61. The molecule has 0 aliphatic heterocycles. The van der Waals surface area contributed by atoms with Crippen molar-refractivity contribution in [3.8, 4) is 11.5 Å². The second-order valence-corrected chi connectivity index (χ2v) is 5.61. The molecule has 0 saturated heterocycles. The van der Waals surface area contributed by atoms with E-state index in [1.807, 2.05) is 12.1 Å². The van der Waals surface area contributed by atoms with Crippen molar-refractivity contribution in [2.45, 2.75) is 6.54 Å². The third-order valence-corrected chi connectivity index (χ3v) is 3.79. The van der Waals surface area contributed by atoms with E-state index in [9.17, 15) is 4.79 Å². The van der Waals surface area contributed by atoms with E-state index in [0.717, 1.165) is 16.6 Å². The molecule has 0 radical (unpaired) electrons. The number of urea groups is 1. The van der Waals surface area contributed by atoms with Crippen LogP contribution in [0.25, 0.3) is 11.0 Å². The molecule has 0 saturated carbocycles. The normalized spacial score (nSPS) is 10.5. The summed E-state index contributed by atoms with van der Waals surface area (Å²) >= 11 is 5.82.